The molecule has 0 N–H and O–H groups in total. The first-order valence-corrected chi connectivity index (χ1v) is 18.1. The number of benzene rings is 7. The van der Waals surface area contributed by atoms with Crippen LogP contribution in [0.3, 0.4) is 0 Å². The van der Waals surface area contributed by atoms with Crippen molar-refractivity contribution in [2.24, 2.45) is 0 Å². The van der Waals surface area contributed by atoms with E-state index in [0.717, 1.165) is 72.6 Å². The summed E-state index contributed by atoms with van der Waals surface area (Å²) < 4.78 is 0. The minimum absolute atomic E-state index is 0.590. The van der Waals surface area contributed by atoms with Gasteiger partial charge in [0.2, 0.25) is 0 Å². The van der Waals surface area contributed by atoms with Crippen LogP contribution in [0.15, 0.2) is 206 Å². The van der Waals surface area contributed by atoms with Gasteiger partial charge in [-0.1, -0.05) is 176 Å². The Labute approximate surface area is 315 Å². The molecular weight excluding hydrogens is 657 g/mol. The molecule has 0 saturated carbocycles. The van der Waals surface area contributed by atoms with Crippen LogP contribution in [-0.4, -0.2) is 19.9 Å². The third-order valence-corrected chi connectivity index (χ3v) is 9.55. The predicted molar refractivity (Wildman–Crippen MR) is 221 cm³/mol. The smallest absolute Gasteiger partial charge is 0.164 e. The lowest BCUT2D eigenvalue weighted by Crippen LogP contribution is -2.01. The Bertz CT molecular complexity index is 2560. The second-order valence-corrected chi connectivity index (χ2v) is 13.1. The molecule has 0 amide bonds. The first-order chi connectivity index (χ1) is 26.7. The second kappa shape index (κ2) is 14.7. The zero-order chi connectivity index (χ0) is 36.1. The highest BCUT2D eigenvalue weighted by Crippen LogP contribution is 2.34. The third kappa shape index (κ3) is 6.97. The molecular formula is C50H34N4. The van der Waals surface area contributed by atoms with Crippen molar-refractivity contribution >= 4 is 0 Å². The third-order valence-electron chi connectivity index (χ3n) is 9.55. The topological polar surface area (TPSA) is 51.6 Å². The highest BCUT2D eigenvalue weighted by Gasteiger charge is 2.16. The molecule has 0 saturated heterocycles. The molecule has 54 heavy (non-hydrogen) atoms. The molecule has 7 aromatic carbocycles. The molecule has 0 aliphatic carbocycles. The summed E-state index contributed by atoms with van der Waals surface area (Å²) >= 11 is 0. The molecule has 0 aliphatic rings. The number of aromatic nitrogens is 4. The van der Waals surface area contributed by atoms with Crippen molar-refractivity contribution in [1.29, 1.82) is 0 Å². The van der Waals surface area contributed by atoms with Crippen LogP contribution in [0.2, 0.25) is 0 Å². The number of pyridine rings is 1. The monoisotopic (exact) mass is 690 g/mol. The quantitative estimate of drug-likeness (QED) is 0.159. The van der Waals surface area contributed by atoms with Gasteiger partial charge >= 0.3 is 0 Å². The van der Waals surface area contributed by atoms with Crippen LogP contribution in [-0.2, 0) is 0 Å². The van der Waals surface area contributed by atoms with Gasteiger partial charge in [-0.3, -0.25) is 0 Å². The summed E-state index contributed by atoms with van der Waals surface area (Å²) in [6.45, 7) is 0. The molecule has 4 nitrogen and oxygen atoms in total. The van der Waals surface area contributed by atoms with Gasteiger partial charge in [0.15, 0.2) is 17.5 Å². The summed E-state index contributed by atoms with van der Waals surface area (Å²) in [7, 11) is 0. The van der Waals surface area contributed by atoms with Gasteiger partial charge in [0.25, 0.3) is 0 Å². The average Bonchev–Trinajstić information content (AvgIpc) is 3.27. The van der Waals surface area contributed by atoms with Crippen LogP contribution in [0, 0.1) is 0 Å². The maximum absolute atomic E-state index is 5.16. The van der Waals surface area contributed by atoms with E-state index in [1.807, 2.05) is 36.4 Å². The van der Waals surface area contributed by atoms with Gasteiger partial charge in [0.1, 0.15) is 0 Å². The molecule has 0 atom stereocenters. The van der Waals surface area contributed by atoms with Crippen LogP contribution in [0.1, 0.15) is 0 Å². The van der Waals surface area contributed by atoms with E-state index < -0.39 is 0 Å². The van der Waals surface area contributed by atoms with E-state index in [4.69, 9.17) is 19.9 Å². The van der Waals surface area contributed by atoms with E-state index in [2.05, 4.69) is 170 Å². The van der Waals surface area contributed by atoms with Crippen LogP contribution < -0.4 is 0 Å². The summed E-state index contributed by atoms with van der Waals surface area (Å²) in [5, 5.41) is 0. The lowest BCUT2D eigenvalue weighted by molar-refractivity contribution is 1.07. The van der Waals surface area contributed by atoms with Gasteiger partial charge in [-0.2, -0.15) is 0 Å². The van der Waals surface area contributed by atoms with Gasteiger partial charge in [0, 0.05) is 27.8 Å². The second-order valence-electron chi connectivity index (χ2n) is 13.1. The van der Waals surface area contributed by atoms with Gasteiger partial charge < -0.3 is 0 Å². The zero-order valence-electron chi connectivity index (χ0n) is 29.4. The lowest BCUT2D eigenvalue weighted by Gasteiger charge is -2.13. The number of hydrogen-bond acceptors (Lipinski definition) is 4. The van der Waals surface area contributed by atoms with Crippen molar-refractivity contribution in [2.75, 3.05) is 0 Å². The van der Waals surface area contributed by atoms with Gasteiger partial charge in [-0.25, -0.2) is 19.9 Å². The minimum atomic E-state index is 0.590. The molecule has 2 aromatic heterocycles. The molecule has 254 valence electrons. The summed E-state index contributed by atoms with van der Waals surface area (Å²) in [6, 6.07) is 71.0. The maximum atomic E-state index is 5.16. The SMILES string of the molecule is c1ccc(-c2ccc(-c3nc(-c4ccc(-c5ccccc5)cc4)nc(-c4cc(-c5ccccc5)cc(-c5cccc(-c6ccccc6)n5)c4)n3)cc2)cc1. The first-order valence-electron chi connectivity index (χ1n) is 18.1. The molecule has 2 heterocycles. The van der Waals surface area contributed by atoms with Crippen LogP contribution in [0.4, 0.5) is 0 Å². The van der Waals surface area contributed by atoms with Crippen LogP contribution in [0.5, 0.6) is 0 Å². The largest absolute Gasteiger partial charge is 0.248 e. The number of nitrogens with zero attached hydrogens (tertiary/aromatic N) is 4. The Morgan fingerprint density at radius 3 is 0.963 bits per heavy atom. The van der Waals surface area contributed by atoms with E-state index in [9.17, 15) is 0 Å². The summed E-state index contributed by atoms with van der Waals surface area (Å²) in [5.41, 5.74) is 13.3. The van der Waals surface area contributed by atoms with Crippen molar-refractivity contribution in [3.05, 3.63) is 206 Å². The number of rotatable bonds is 8. The maximum Gasteiger partial charge on any atom is 0.164 e. The molecule has 0 spiro atoms. The van der Waals surface area contributed by atoms with Crippen molar-refractivity contribution in [1.82, 2.24) is 19.9 Å². The van der Waals surface area contributed by atoms with Crippen molar-refractivity contribution < 1.29 is 0 Å². The Balaban J connectivity index is 1.19. The van der Waals surface area contributed by atoms with Gasteiger partial charge in [0.05, 0.1) is 11.4 Å². The molecule has 0 fully saturated rings. The van der Waals surface area contributed by atoms with E-state index in [-0.39, 0.29) is 0 Å². The highest BCUT2D eigenvalue weighted by atomic mass is 15.0. The summed E-state index contributed by atoms with van der Waals surface area (Å²) in [4.78, 5) is 20.5. The highest BCUT2D eigenvalue weighted by molar-refractivity contribution is 5.80. The predicted octanol–water partition coefficient (Wildman–Crippen LogP) is 12.6. The number of hydrogen-bond donors (Lipinski definition) is 0. The first kappa shape index (κ1) is 32.6. The van der Waals surface area contributed by atoms with E-state index in [0.29, 0.717) is 17.5 Å². The van der Waals surface area contributed by atoms with E-state index in [1.165, 1.54) is 0 Å². The minimum Gasteiger partial charge on any atom is -0.248 e. The molecule has 0 unspecified atom stereocenters. The van der Waals surface area contributed by atoms with Crippen LogP contribution >= 0.6 is 0 Å². The Kier molecular flexibility index (Phi) is 8.90. The standard InChI is InChI=1S/C50H34N4/c1-5-14-35(15-6-1)38-24-28-41(29-25-38)48-52-49(42-30-26-39(27-31-42)36-16-7-2-8-17-36)54-50(53-48)45-33-43(37-18-9-3-10-19-37)32-44(34-45)47-23-13-22-46(51-47)40-20-11-4-12-21-40/h1-34H. The fourth-order valence-electron chi connectivity index (χ4n) is 6.71. The zero-order valence-corrected chi connectivity index (χ0v) is 29.4. The summed E-state index contributed by atoms with van der Waals surface area (Å²) in [6.07, 6.45) is 0. The molecule has 0 radical (unpaired) electrons. The fraction of sp³-hybridized carbons (Fsp3) is 0. The van der Waals surface area contributed by atoms with E-state index >= 15 is 0 Å². The van der Waals surface area contributed by atoms with Gasteiger partial charge in [-0.05, 0) is 63.7 Å². The Morgan fingerprint density at radius 1 is 0.185 bits per heavy atom. The Hall–Kier alpha value is -7.30. The van der Waals surface area contributed by atoms with Crippen molar-refractivity contribution in [3.8, 4) is 90.1 Å². The molecule has 0 bridgehead atoms. The van der Waals surface area contributed by atoms with Gasteiger partial charge in [-0.15, -0.1) is 0 Å². The fourth-order valence-corrected chi connectivity index (χ4v) is 6.71. The lowest BCUT2D eigenvalue weighted by atomic mass is 9.97. The normalized spacial score (nSPS) is 11.0. The molecule has 9 rings (SSSR count). The molecule has 4 heteroatoms. The van der Waals surface area contributed by atoms with Crippen LogP contribution in [0.25, 0.3) is 90.1 Å². The van der Waals surface area contributed by atoms with Crippen molar-refractivity contribution in [3.63, 3.8) is 0 Å². The Morgan fingerprint density at radius 2 is 0.500 bits per heavy atom. The van der Waals surface area contributed by atoms with E-state index in [1.54, 1.807) is 0 Å². The molecule has 0 aliphatic heterocycles. The molecule has 9 aromatic rings. The van der Waals surface area contributed by atoms with Crippen molar-refractivity contribution in [2.45, 2.75) is 0 Å². The summed E-state index contributed by atoms with van der Waals surface area (Å²) in [5.74, 6) is 1.81. The average molecular weight is 691 g/mol.